The van der Waals surface area contributed by atoms with Gasteiger partial charge in [0.05, 0.1) is 6.04 Å². The van der Waals surface area contributed by atoms with Crippen molar-refractivity contribution in [2.75, 3.05) is 6.54 Å². The van der Waals surface area contributed by atoms with Gasteiger partial charge in [0.1, 0.15) is 0 Å². The third-order valence-corrected chi connectivity index (χ3v) is 3.58. The van der Waals surface area contributed by atoms with Crippen molar-refractivity contribution in [1.29, 1.82) is 0 Å². The molecule has 0 saturated carbocycles. The molecular formula is C15H21NO. The smallest absolute Gasteiger partial charge is 0.151 e. The number of carbonyl (C=O) groups excluding carboxylic acids is 1. The quantitative estimate of drug-likeness (QED) is 0.701. The molecule has 0 amide bonds. The molecule has 0 aliphatic carbocycles. The number of nitrogens with zero attached hydrogens (tertiary/aromatic N) is 1. The summed E-state index contributed by atoms with van der Waals surface area (Å²) in [5.74, 6) is 0.426. The minimum absolute atomic E-state index is 0.191. The number of ketones is 1. The largest absolute Gasteiger partial charge is 0.298 e. The first-order chi connectivity index (χ1) is 8.24. The van der Waals surface area contributed by atoms with Gasteiger partial charge in [-0.15, -0.1) is 0 Å². The van der Waals surface area contributed by atoms with Crippen LogP contribution in [0.2, 0.25) is 0 Å². The topological polar surface area (TPSA) is 20.1 Å². The summed E-state index contributed by atoms with van der Waals surface area (Å²) in [4.78, 5) is 14.2. The maximum atomic E-state index is 11.9. The number of benzene rings is 1. The minimum atomic E-state index is 0.191. The SMILES string of the molecule is CCCCC(=O)[C@H]1CN1[C@H](C)c1ccccc1. The van der Waals surface area contributed by atoms with E-state index in [1.54, 1.807) is 0 Å². The molecule has 1 unspecified atom stereocenters. The van der Waals surface area contributed by atoms with Crippen LogP contribution in [0.1, 0.15) is 44.7 Å². The lowest BCUT2D eigenvalue weighted by atomic mass is 10.1. The van der Waals surface area contributed by atoms with Crippen molar-refractivity contribution in [3.63, 3.8) is 0 Å². The summed E-state index contributed by atoms with van der Waals surface area (Å²) in [6, 6.07) is 11.0. The van der Waals surface area contributed by atoms with Gasteiger partial charge in [0.15, 0.2) is 5.78 Å². The van der Waals surface area contributed by atoms with Crippen LogP contribution < -0.4 is 0 Å². The second-order valence-electron chi connectivity index (χ2n) is 4.87. The molecular weight excluding hydrogens is 210 g/mol. The van der Waals surface area contributed by atoms with Crippen molar-refractivity contribution in [2.24, 2.45) is 0 Å². The normalized spacial score (nSPS) is 24.4. The fourth-order valence-electron chi connectivity index (χ4n) is 2.31. The molecule has 2 nitrogen and oxygen atoms in total. The summed E-state index contributed by atoms with van der Waals surface area (Å²) in [5.41, 5.74) is 1.30. The molecule has 0 spiro atoms. The minimum Gasteiger partial charge on any atom is -0.298 e. The van der Waals surface area contributed by atoms with Gasteiger partial charge in [-0.3, -0.25) is 9.69 Å². The average Bonchev–Trinajstić information content (AvgIpc) is 3.16. The maximum absolute atomic E-state index is 11.9. The van der Waals surface area contributed by atoms with E-state index in [2.05, 4.69) is 43.0 Å². The highest BCUT2D eigenvalue weighted by Crippen LogP contribution is 2.32. The van der Waals surface area contributed by atoms with Crippen molar-refractivity contribution in [3.8, 4) is 0 Å². The van der Waals surface area contributed by atoms with E-state index in [9.17, 15) is 4.79 Å². The van der Waals surface area contributed by atoms with E-state index in [-0.39, 0.29) is 6.04 Å². The standard InChI is InChI=1S/C15H21NO/c1-3-4-10-15(17)14-11-16(14)12(2)13-8-6-5-7-9-13/h5-9,12,14H,3-4,10-11H2,1-2H3/t12-,14-,16?/m1/s1. The van der Waals surface area contributed by atoms with Crippen LogP contribution in [-0.4, -0.2) is 23.3 Å². The molecule has 1 aliphatic rings. The van der Waals surface area contributed by atoms with Crippen LogP contribution in [0.4, 0.5) is 0 Å². The van der Waals surface area contributed by atoms with Crippen LogP contribution in [0.5, 0.6) is 0 Å². The summed E-state index contributed by atoms with van der Waals surface area (Å²) in [5, 5.41) is 0. The number of rotatable bonds is 6. The van der Waals surface area contributed by atoms with Gasteiger partial charge in [0.2, 0.25) is 0 Å². The zero-order valence-corrected chi connectivity index (χ0v) is 10.7. The van der Waals surface area contributed by atoms with E-state index < -0.39 is 0 Å². The molecule has 3 atom stereocenters. The number of unbranched alkanes of at least 4 members (excludes halogenated alkanes) is 1. The highest BCUT2D eigenvalue weighted by atomic mass is 16.1. The fraction of sp³-hybridized carbons (Fsp3) is 0.533. The van der Waals surface area contributed by atoms with Crippen molar-refractivity contribution in [2.45, 2.75) is 45.2 Å². The predicted octanol–water partition coefficient (Wildman–Crippen LogP) is 3.19. The third kappa shape index (κ3) is 2.95. The van der Waals surface area contributed by atoms with Crippen molar-refractivity contribution >= 4 is 5.78 Å². The van der Waals surface area contributed by atoms with E-state index in [4.69, 9.17) is 0 Å². The van der Waals surface area contributed by atoms with Gasteiger partial charge in [-0.2, -0.15) is 0 Å². The molecule has 0 radical (unpaired) electrons. The zero-order valence-electron chi connectivity index (χ0n) is 10.7. The molecule has 0 aromatic heterocycles. The molecule has 1 aromatic carbocycles. The highest BCUT2D eigenvalue weighted by molar-refractivity contribution is 5.86. The van der Waals surface area contributed by atoms with E-state index in [0.29, 0.717) is 11.8 Å². The van der Waals surface area contributed by atoms with Gasteiger partial charge in [0.25, 0.3) is 0 Å². The molecule has 17 heavy (non-hydrogen) atoms. The average molecular weight is 231 g/mol. The van der Waals surface area contributed by atoms with Crippen molar-refractivity contribution in [1.82, 2.24) is 4.90 Å². The number of Topliss-reactive ketones (excluding diaryl/α,β-unsaturated/α-hetero) is 1. The van der Waals surface area contributed by atoms with Gasteiger partial charge in [-0.25, -0.2) is 0 Å². The Labute approximate surface area is 104 Å². The number of hydrogen-bond donors (Lipinski definition) is 0. The fourth-order valence-corrected chi connectivity index (χ4v) is 2.31. The summed E-state index contributed by atoms with van der Waals surface area (Å²) in [6.45, 7) is 5.26. The summed E-state index contributed by atoms with van der Waals surface area (Å²) in [7, 11) is 0. The van der Waals surface area contributed by atoms with Crippen LogP contribution >= 0.6 is 0 Å². The Bertz CT molecular complexity index is 374. The second-order valence-corrected chi connectivity index (χ2v) is 4.87. The Morgan fingerprint density at radius 3 is 2.76 bits per heavy atom. The number of hydrogen-bond acceptors (Lipinski definition) is 2. The van der Waals surface area contributed by atoms with Crippen LogP contribution in [-0.2, 0) is 4.79 Å². The van der Waals surface area contributed by atoms with E-state index in [1.165, 1.54) is 5.56 Å². The first-order valence-electron chi connectivity index (χ1n) is 6.57. The molecule has 1 aliphatic heterocycles. The Morgan fingerprint density at radius 1 is 1.41 bits per heavy atom. The van der Waals surface area contributed by atoms with Crippen molar-refractivity contribution < 1.29 is 4.79 Å². The van der Waals surface area contributed by atoms with Crippen LogP contribution in [0.25, 0.3) is 0 Å². The van der Waals surface area contributed by atoms with E-state index in [0.717, 1.165) is 25.8 Å². The molecule has 1 heterocycles. The zero-order chi connectivity index (χ0) is 12.3. The summed E-state index contributed by atoms with van der Waals surface area (Å²) in [6.07, 6.45) is 2.88. The maximum Gasteiger partial charge on any atom is 0.151 e. The lowest BCUT2D eigenvalue weighted by Crippen LogP contribution is -2.15. The van der Waals surface area contributed by atoms with Gasteiger partial charge < -0.3 is 0 Å². The molecule has 92 valence electrons. The first-order valence-corrected chi connectivity index (χ1v) is 6.57. The first kappa shape index (κ1) is 12.3. The van der Waals surface area contributed by atoms with Gasteiger partial charge >= 0.3 is 0 Å². The molecule has 2 heteroatoms. The van der Waals surface area contributed by atoms with E-state index in [1.807, 2.05) is 6.07 Å². The molecule has 1 fully saturated rings. The Kier molecular flexibility index (Phi) is 3.95. The third-order valence-electron chi connectivity index (χ3n) is 3.58. The molecule has 0 bridgehead atoms. The Hall–Kier alpha value is -1.15. The lowest BCUT2D eigenvalue weighted by Gasteiger charge is -2.13. The van der Waals surface area contributed by atoms with Gasteiger partial charge in [-0.05, 0) is 18.9 Å². The second kappa shape index (κ2) is 5.46. The van der Waals surface area contributed by atoms with Gasteiger partial charge in [0, 0.05) is 19.0 Å². The van der Waals surface area contributed by atoms with Crippen LogP contribution in [0, 0.1) is 0 Å². The molecule has 0 N–H and O–H groups in total. The van der Waals surface area contributed by atoms with E-state index >= 15 is 0 Å². The lowest BCUT2D eigenvalue weighted by molar-refractivity contribution is -0.119. The highest BCUT2D eigenvalue weighted by Gasteiger charge is 2.42. The van der Waals surface area contributed by atoms with Gasteiger partial charge in [-0.1, -0.05) is 43.7 Å². The monoisotopic (exact) mass is 231 g/mol. The predicted molar refractivity (Wildman–Crippen MR) is 69.9 cm³/mol. The molecule has 2 rings (SSSR count). The molecule has 1 aromatic rings. The Balaban J connectivity index is 1.88. The van der Waals surface area contributed by atoms with Crippen LogP contribution in [0.15, 0.2) is 30.3 Å². The summed E-state index contributed by atoms with van der Waals surface area (Å²) < 4.78 is 0. The van der Waals surface area contributed by atoms with Crippen molar-refractivity contribution in [3.05, 3.63) is 35.9 Å². The molecule has 1 saturated heterocycles. The van der Waals surface area contributed by atoms with Crippen LogP contribution in [0.3, 0.4) is 0 Å². The Morgan fingerprint density at radius 2 is 2.12 bits per heavy atom. The summed E-state index contributed by atoms with van der Waals surface area (Å²) >= 11 is 0. The number of carbonyl (C=O) groups is 1.